The van der Waals surface area contributed by atoms with Gasteiger partial charge in [0.15, 0.2) is 5.69 Å². The Balaban J connectivity index is 1.55. The largest absolute Gasteiger partial charge is 0.459 e. The quantitative estimate of drug-likeness (QED) is 0.304. The van der Waals surface area contributed by atoms with Gasteiger partial charge in [0.25, 0.3) is 5.91 Å². The highest BCUT2D eigenvalue weighted by atomic mass is 32.1. The van der Waals surface area contributed by atoms with Crippen molar-refractivity contribution in [1.29, 1.82) is 0 Å². The van der Waals surface area contributed by atoms with Gasteiger partial charge in [0.05, 0.1) is 16.6 Å². The van der Waals surface area contributed by atoms with Crippen molar-refractivity contribution in [3.63, 3.8) is 0 Å². The molecule has 3 heterocycles. The molecule has 0 spiro atoms. The lowest BCUT2D eigenvalue weighted by molar-refractivity contribution is -0.386. The van der Waals surface area contributed by atoms with E-state index in [9.17, 15) is 19.7 Å². The molecule has 0 bridgehead atoms. The van der Waals surface area contributed by atoms with Crippen LogP contribution in [0.2, 0.25) is 0 Å². The molecule has 1 aliphatic rings. The fourth-order valence-electron chi connectivity index (χ4n) is 4.10. The van der Waals surface area contributed by atoms with Crippen LogP contribution in [0.5, 0.6) is 0 Å². The summed E-state index contributed by atoms with van der Waals surface area (Å²) < 4.78 is 8.38. The van der Waals surface area contributed by atoms with Crippen LogP contribution in [0, 0.1) is 24.0 Å². The van der Waals surface area contributed by atoms with Crippen LogP contribution < -0.4 is 5.32 Å². The number of carbonyl (C=O) groups excluding carboxylic acids is 2. The van der Waals surface area contributed by atoms with Crippen LogP contribution in [-0.4, -0.2) is 42.5 Å². The molecule has 0 unspecified atom stereocenters. The van der Waals surface area contributed by atoms with Crippen LogP contribution in [0.3, 0.4) is 0 Å². The molecule has 1 amide bonds. The van der Waals surface area contributed by atoms with Crippen molar-refractivity contribution in [2.75, 3.05) is 5.32 Å². The van der Waals surface area contributed by atoms with Crippen molar-refractivity contribution in [3.05, 3.63) is 55.5 Å². The van der Waals surface area contributed by atoms with Crippen LogP contribution in [0.1, 0.15) is 69.4 Å². The first-order chi connectivity index (χ1) is 16.2. The molecule has 3 aromatic heterocycles. The average Bonchev–Trinajstić information content (AvgIpc) is 3.43. The molecule has 1 aliphatic carbocycles. The van der Waals surface area contributed by atoms with Crippen LogP contribution >= 0.6 is 11.3 Å². The van der Waals surface area contributed by atoms with Gasteiger partial charge in [-0.2, -0.15) is 10.2 Å². The lowest BCUT2D eigenvalue weighted by atomic mass is 9.95. The summed E-state index contributed by atoms with van der Waals surface area (Å²) in [7, 11) is 0. The maximum Gasteiger partial charge on any atom is 0.341 e. The Morgan fingerprint density at radius 2 is 2.00 bits per heavy atom. The number of aromatic nitrogens is 4. The molecular weight excluding hydrogens is 460 g/mol. The van der Waals surface area contributed by atoms with E-state index in [4.69, 9.17) is 4.74 Å². The van der Waals surface area contributed by atoms with Crippen LogP contribution in [0.15, 0.2) is 12.3 Å². The monoisotopic (exact) mass is 486 g/mol. The van der Waals surface area contributed by atoms with E-state index in [1.165, 1.54) is 20.7 Å². The number of thiophene rings is 1. The minimum Gasteiger partial charge on any atom is -0.459 e. The maximum atomic E-state index is 13.0. The minimum atomic E-state index is -0.460. The van der Waals surface area contributed by atoms with E-state index in [1.807, 2.05) is 0 Å². The third-order valence-electron chi connectivity index (χ3n) is 5.62. The zero-order valence-corrected chi connectivity index (χ0v) is 20.3. The average molecular weight is 487 g/mol. The van der Waals surface area contributed by atoms with Crippen molar-refractivity contribution in [1.82, 2.24) is 19.6 Å². The Bertz CT molecular complexity index is 1270. The van der Waals surface area contributed by atoms with Crippen molar-refractivity contribution >= 4 is 33.9 Å². The SMILES string of the molecule is Cc1nn(Cn2ccc(C(=O)Nc3sc4c(c3C(=O)OC(C)C)CCCC4)n2)c(C)c1[N+](=O)[O-]. The second-order valence-corrected chi connectivity index (χ2v) is 9.59. The van der Waals surface area contributed by atoms with Gasteiger partial charge in [-0.05, 0) is 65.0 Å². The number of amides is 1. The maximum absolute atomic E-state index is 13.0. The Kier molecular flexibility index (Phi) is 6.51. The molecule has 11 nitrogen and oxygen atoms in total. The van der Waals surface area contributed by atoms with Crippen molar-refractivity contribution in [2.45, 2.75) is 66.2 Å². The molecule has 3 aromatic rings. The first-order valence-corrected chi connectivity index (χ1v) is 11.9. The lowest BCUT2D eigenvalue weighted by Gasteiger charge is -2.14. The number of aryl methyl sites for hydroxylation is 2. The summed E-state index contributed by atoms with van der Waals surface area (Å²) >= 11 is 1.41. The number of ether oxygens (including phenoxy) is 1. The number of anilines is 1. The summed E-state index contributed by atoms with van der Waals surface area (Å²) in [6.07, 6.45) is 5.04. The van der Waals surface area contributed by atoms with E-state index in [1.54, 1.807) is 40.0 Å². The van der Waals surface area contributed by atoms with Gasteiger partial charge in [-0.1, -0.05) is 0 Å². The highest BCUT2D eigenvalue weighted by Crippen LogP contribution is 2.39. The molecule has 12 heteroatoms. The molecule has 0 saturated heterocycles. The predicted octanol–water partition coefficient (Wildman–Crippen LogP) is 3.87. The second kappa shape index (κ2) is 9.37. The summed E-state index contributed by atoms with van der Waals surface area (Å²) in [4.78, 5) is 37.6. The van der Waals surface area contributed by atoms with E-state index in [-0.39, 0.29) is 24.2 Å². The number of nitrogens with one attached hydrogen (secondary N) is 1. The summed E-state index contributed by atoms with van der Waals surface area (Å²) in [5.41, 5.74) is 2.25. The van der Waals surface area contributed by atoms with E-state index in [2.05, 4.69) is 15.5 Å². The Labute approximate surface area is 199 Å². The number of hydrogen-bond acceptors (Lipinski definition) is 8. The number of fused-ring (bicyclic) bond motifs is 1. The molecule has 4 rings (SSSR count). The fraction of sp³-hybridized carbons (Fsp3) is 0.455. The number of nitrogens with zero attached hydrogens (tertiary/aromatic N) is 5. The summed E-state index contributed by atoms with van der Waals surface area (Å²) in [6.45, 7) is 6.89. The third-order valence-corrected chi connectivity index (χ3v) is 6.83. The number of nitro groups is 1. The second-order valence-electron chi connectivity index (χ2n) is 8.48. The topological polar surface area (TPSA) is 134 Å². The highest BCUT2D eigenvalue weighted by Gasteiger charge is 2.28. The van der Waals surface area contributed by atoms with Gasteiger partial charge in [-0.25, -0.2) is 9.48 Å². The third kappa shape index (κ3) is 4.58. The van der Waals surface area contributed by atoms with Gasteiger partial charge < -0.3 is 10.1 Å². The van der Waals surface area contributed by atoms with Crippen molar-refractivity contribution < 1.29 is 19.2 Å². The number of hydrogen-bond donors (Lipinski definition) is 1. The standard InChI is InChI=1S/C22H26N6O5S/c1-12(2)33-22(30)18-15-7-5-6-8-17(15)34-21(18)23-20(29)16-9-10-26(25-16)11-27-14(4)19(28(31)32)13(3)24-27/h9-10,12H,5-8,11H2,1-4H3,(H,23,29). The first-order valence-electron chi connectivity index (χ1n) is 11.0. The molecule has 1 N–H and O–H groups in total. The smallest absolute Gasteiger partial charge is 0.341 e. The molecule has 0 atom stereocenters. The Morgan fingerprint density at radius 3 is 2.68 bits per heavy atom. The summed E-state index contributed by atoms with van der Waals surface area (Å²) in [6, 6.07) is 1.55. The highest BCUT2D eigenvalue weighted by molar-refractivity contribution is 7.17. The molecule has 0 aromatic carbocycles. The van der Waals surface area contributed by atoms with Crippen molar-refractivity contribution in [2.24, 2.45) is 0 Å². The van der Waals surface area contributed by atoms with Gasteiger partial charge in [0.2, 0.25) is 0 Å². The fourth-order valence-corrected chi connectivity index (χ4v) is 5.37. The summed E-state index contributed by atoms with van der Waals surface area (Å²) in [5.74, 6) is -0.878. The van der Waals surface area contributed by atoms with Gasteiger partial charge >= 0.3 is 11.7 Å². The number of rotatable bonds is 7. The molecular formula is C22H26N6O5S. The normalized spacial score (nSPS) is 13.1. The first kappa shape index (κ1) is 23.6. The van der Waals surface area contributed by atoms with E-state index in [0.29, 0.717) is 22.0 Å². The zero-order valence-electron chi connectivity index (χ0n) is 19.5. The van der Waals surface area contributed by atoms with Gasteiger partial charge in [-0.15, -0.1) is 11.3 Å². The number of esters is 1. The van der Waals surface area contributed by atoms with E-state index in [0.717, 1.165) is 36.1 Å². The molecule has 0 fully saturated rings. The Morgan fingerprint density at radius 1 is 1.26 bits per heavy atom. The van der Waals surface area contributed by atoms with Crippen LogP contribution in [-0.2, 0) is 24.2 Å². The molecule has 0 radical (unpaired) electrons. The molecule has 34 heavy (non-hydrogen) atoms. The molecule has 180 valence electrons. The molecule has 0 aliphatic heterocycles. The van der Waals surface area contributed by atoms with Crippen LogP contribution in [0.25, 0.3) is 0 Å². The number of carbonyl (C=O) groups is 2. The summed E-state index contributed by atoms with van der Waals surface area (Å²) in [5, 5.41) is 23.0. The minimum absolute atomic E-state index is 0.0346. The van der Waals surface area contributed by atoms with E-state index < -0.39 is 16.8 Å². The molecule has 0 saturated carbocycles. The van der Waals surface area contributed by atoms with Gasteiger partial charge in [0, 0.05) is 11.1 Å². The predicted molar refractivity (Wildman–Crippen MR) is 125 cm³/mol. The van der Waals surface area contributed by atoms with Crippen LogP contribution in [0.4, 0.5) is 10.7 Å². The van der Waals surface area contributed by atoms with Gasteiger partial charge in [0.1, 0.15) is 23.1 Å². The van der Waals surface area contributed by atoms with Gasteiger partial charge in [-0.3, -0.25) is 19.6 Å². The van der Waals surface area contributed by atoms with E-state index >= 15 is 0 Å². The lowest BCUT2D eigenvalue weighted by Crippen LogP contribution is -2.18. The Hall–Kier alpha value is -3.54. The van der Waals surface area contributed by atoms with Crippen molar-refractivity contribution in [3.8, 4) is 0 Å². The zero-order chi connectivity index (χ0) is 24.6.